The molecule has 0 aliphatic heterocycles. The number of ether oxygens (including phenoxy) is 2. The van der Waals surface area contributed by atoms with Crippen LogP contribution in [0.25, 0.3) is 0 Å². The number of hydrogen-bond donors (Lipinski definition) is 1. The third-order valence-electron chi connectivity index (χ3n) is 4.78. The smallest absolute Gasteiger partial charge is 0.357 e. The number of hydrogen-bond acceptors (Lipinski definition) is 6. The molecule has 1 unspecified atom stereocenters. The molecule has 33 heavy (non-hydrogen) atoms. The van der Waals surface area contributed by atoms with Gasteiger partial charge in [-0.1, -0.05) is 62.6 Å². The van der Waals surface area contributed by atoms with Crippen LogP contribution in [0.5, 0.6) is 11.5 Å². The molecular weight excluding hydrogens is 465 g/mol. The number of carbonyl (C=O) groups excluding carboxylic acids is 1. The topological polar surface area (TPSA) is 83.1 Å². The molecule has 0 saturated carbocycles. The van der Waals surface area contributed by atoms with Gasteiger partial charge in [-0.25, -0.2) is 0 Å². The summed E-state index contributed by atoms with van der Waals surface area (Å²) in [6.07, 6.45) is 3.19. The van der Waals surface area contributed by atoms with E-state index in [1.807, 2.05) is 13.8 Å². The van der Waals surface area contributed by atoms with Crippen molar-refractivity contribution in [1.29, 1.82) is 0 Å². The maximum atomic E-state index is 13.9. The van der Waals surface area contributed by atoms with Gasteiger partial charge in [0.25, 0.3) is 5.91 Å². The maximum Gasteiger partial charge on any atom is 0.357 e. The molecule has 0 aliphatic rings. The highest BCUT2D eigenvalue weighted by Crippen LogP contribution is 2.60. The van der Waals surface area contributed by atoms with Gasteiger partial charge in [0.05, 0.1) is 25.3 Å². The van der Waals surface area contributed by atoms with E-state index in [2.05, 4.69) is 5.32 Å². The Kier molecular flexibility index (Phi) is 11.8. The first-order chi connectivity index (χ1) is 15.9. The zero-order valence-electron chi connectivity index (χ0n) is 19.4. The number of nitrogens with one attached hydrogen (secondary N) is 1. The summed E-state index contributed by atoms with van der Waals surface area (Å²) in [7, 11) is -2.19. The lowest BCUT2D eigenvalue weighted by atomic mass is 10.2. The highest BCUT2D eigenvalue weighted by atomic mass is 35.5. The summed E-state index contributed by atoms with van der Waals surface area (Å²) in [5.41, 5.74) is 0.582. The van der Waals surface area contributed by atoms with Crippen molar-refractivity contribution >= 4 is 25.1 Å². The van der Waals surface area contributed by atoms with Gasteiger partial charge in [0.1, 0.15) is 11.5 Å². The Hall–Kier alpha value is -2.05. The van der Waals surface area contributed by atoms with Gasteiger partial charge in [0.15, 0.2) is 12.4 Å². The van der Waals surface area contributed by atoms with Gasteiger partial charge < -0.3 is 23.8 Å². The Balaban J connectivity index is 2.26. The molecule has 2 aromatic carbocycles. The van der Waals surface area contributed by atoms with E-state index >= 15 is 0 Å². The minimum absolute atomic E-state index is 0.262. The molecule has 0 aliphatic carbocycles. The third kappa shape index (κ3) is 8.67. The molecule has 2 aromatic rings. The highest BCUT2D eigenvalue weighted by Gasteiger charge is 2.38. The summed E-state index contributed by atoms with van der Waals surface area (Å²) >= 11 is 6.10. The molecule has 0 saturated heterocycles. The van der Waals surface area contributed by atoms with Crippen LogP contribution in [0.2, 0.25) is 5.02 Å². The fourth-order valence-corrected chi connectivity index (χ4v) is 5.06. The monoisotopic (exact) mass is 497 g/mol. The molecule has 2 rings (SSSR count). The van der Waals surface area contributed by atoms with E-state index in [9.17, 15) is 9.36 Å². The first-order valence-electron chi connectivity index (χ1n) is 11.1. The Bertz CT molecular complexity index is 894. The molecule has 0 bridgehead atoms. The van der Waals surface area contributed by atoms with Crippen LogP contribution in [-0.2, 0) is 18.4 Å². The lowest BCUT2D eigenvalue weighted by molar-refractivity contribution is -0.123. The van der Waals surface area contributed by atoms with E-state index in [0.717, 1.165) is 25.7 Å². The molecular formula is C24H33ClNO6P. The minimum Gasteiger partial charge on any atom is -0.497 e. The van der Waals surface area contributed by atoms with Crippen molar-refractivity contribution < 1.29 is 27.9 Å². The Morgan fingerprint density at radius 2 is 1.61 bits per heavy atom. The van der Waals surface area contributed by atoms with Crippen LogP contribution in [0, 0.1) is 0 Å². The molecule has 7 nitrogen and oxygen atoms in total. The maximum absolute atomic E-state index is 13.9. The largest absolute Gasteiger partial charge is 0.497 e. The molecule has 182 valence electrons. The number of amides is 1. The summed E-state index contributed by atoms with van der Waals surface area (Å²) in [5, 5.41) is 3.19. The van der Waals surface area contributed by atoms with E-state index in [1.54, 1.807) is 55.6 Å². The van der Waals surface area contributed by atoms with Crippen LogP contribution >= 0.6 is 19.2 Å². The fraction of sp³-hybridized carbons (Fsp3) is 0.458. The average Bonchev–Trinajstić information content (AvgIpc) is 2.82. The second kappa shape index (κ2) is 14.3. The molecule has 0 radical (unpaired) electrons. The summed E-state index contributed by atoms with van der Waals surface area (Å²) in [4.78, 5) is 12.8. The number of carbonyl (C=O) groups is 1. The lowest BCUT2D eigenvalue weighted by Gasteiger charge is -2.28. The first kappa shape index (κ1) is 27.2. The van der Waals surface area contributed by atoms with E-state index < -0.39 is 19.3 Å². The van der Waals surface area contributed by atoms with Crippen molar-refractivity contribution in [1.82, 2.24) is 5.32 Å². The second-order valence-electron chi connectivity index (χ2n) is 7.38. The predicted octanol–water partition coefficient (Wildman–Crippen LogP) is 6.37. The lowest BCUT2D eigenvalue weighted by Crippen LogP contribution is -2.33. The quantitative estimate of drug-likeness (QED) is 0.227. The number of benzene rings is 2. The van der Waals surface area contributed by atoms with Crippen LogP contribution in [-0.4, -0.2) is 32.8 Å². The minimum atomic E-state index is -3.75. The van der Waals surface area contributed by atoms with E-state index in [0.29, 0.717) is 22.1 Å². The van der Waals surface area contributed by atoms with Gasteiger partial charge >= 0.3 is 7.60 Å². The third-order valence-corrected chi connectivity index (χ3v) is 7.24. The highest BCUT2D eigenvalue weighted by molar-refractivity contribution is 7.54. The molecule has 9 heteroatoms. The van der Waals surface area contributed by atoms with E-state index in [1.165, 1.54) is 0 Å². The van der Waals surface area contributed by atoms with Crippen LogP contribution in [0.1, 0.15) is 50.9 Å². The number of unbranched alkanes of at least 4 members (excludes halogenated alkanes) is 2. The van der Waals surface area contributed by atoms with E-state index in [-0.39, 0.29) is 19.8 Å². The van der Waals surface area contributed by atoms with Gasteiger partial charge in [0.2, 0.25) is 0 Å². The summed E-state index contributed by atoms with van der Waals surface area (Å²) in [6.45, 7) is 4.25. The summed E-state index contributed by atoms with van der Waals surface area (Å²) in [6, 6.07) is 13.8. The number of rotatable bonds is 15. The van der Waals surface area contributed by atoms with Gasteiger partial charge in [-0.3, -0.25) is 9.36 Å². The average molecular weight is 498 g/mol. The van der Waals surface area contributed by atoms with Gasteiger partial charge in [-0.05, 0) is 42.7 Å². The zero-order valence-corrected chi connectivity index (χ0v) is 21.1. The summed E-state index contributed by atoms with van der Waals surface area (Å²) in [5.74, 6) is -0.454. The van der Waals surface area contributed by atoms with Crippen molar-refractivity contribution in [2.75, 3.05) is 26.9 Å². The van der Waals surface area contributed by atoms with Crippen molar-refractivity contribution in [3.05, 3.63) is 59.1 Å². The molecule has 1 amide bonds. The second-order valence-corrected chi connectivity index (χ2v) is 9.90. The Morgan fingerprint density at radius 1 is 1.00 bits per heavy atom. The first-order valence-corrected chi connectivity index (χ1v) is 13.1. The standard InChI is InChI=1S/C24H33ClNO6P/c1-4-6-16-31-33(28,32-17-7-5-2)24(19-12-14-20(29-3)15-13-19)26-23(27)18-30-22-11-9-8-10-21(22)25/h8-15,24H,4-7,16-18H2,1-3H3,(H,26,27). The molecule has 0 aromatic heterocycles. The van der Waals surface area contributed by atoms with Crippen molar-refractivity contribution in [2.24, 2.45) is 0 Å². The van der Waals surface area contributed by atoms with Crippen molar-refractivity contribution in [2.45, 2.75) is 45.3 Å². The SMILES string of the molecule is CCCCOP(=O)(OCCCC)C(NC(=O)COc1ccccc1Cl)c1ccc(OC)cc1. The van der Waals surface area contributed by atoms with E-state index in [4.69, 9.17) is 30.1 Å². The molecule has 0 fully saturated rings. The van der Waals surface area contributed by atoms with Crippen LogP contribution in [0.15, 0.2) is 48.5 Å². The van der Waals surface area contributed by atoms with Gasteiger partial charge in [-0.15, -0.1) is 0 Å². The molecule has 0 spiro atoms. The fourth-order valence-electron chi connectivity index (χ4n) is 2.89. The van der Waals surface area contributed by atoms with Crippen LogP contribution < -0.4 is 14.8 Å². The van der Waals surface area contributed by atoms with Crippen LogP contribution in [0.3, 0.4) is 0 Å². The van der Waals surface area contributed by atoms with Crippen molar-refractivity contribution in [3.63, 3.8) is 0 Å². The Morgan fingerprint density at radius 3 is 2.15 bits per heavy atom. The number of methoxy groups -OCH3 is 1. The summed E-state index contributed by atoms with van der Waals surface area (Å²) < 4.78 is 36.3. The molecule has 0 heterocycles. The number of para-hydroxylation sites is 1. The molecule has 1 N–H and O–H groups in total. The number of halogens is 1. The van der Waals surface area contributed by atoms with Gasteiger partial charge in [0, 0.05) is 0 Å². The van der Waals surface area contributed by atoms with Gasteiger partial charge in [-0.2, -0.15) is 0 Å². The van der Waals surface area contributed by atoms with Crippen LogP contribution in [0.4, 0.5) is 0 Å². The predicted molar refractivity (Wildman–Crippen MR) is 130 cm³/mol. The normalized spacial score (nSPS) is 12.2. The Labute approximate surface area is 201 Å². The molecule has 1 atom stereocenters. The zero-order chi connectivity index (χ0) is 24.1. The van der Waals surface area contributed by atoms with Crippen molar-refractivity contribution in [3.8, 4) is 11.5 Å².